The zero-order chi connectivity index (χ0) is 18.5. The fourth-order valence-corrected chi connectivity index (χ4v) is 3.67. The van der Waals surface area contributed by atoms with Crippen molar-refractivity contribution in [1.29, 1.82) is 0 Å². The number of aldehydes is 1. The number of nitrogens with zero attached hydrogens (tertiary/aromatic N) is 1. The maximum absolute atomic E-state index is 12.9. The average molecular weight is 392 g/mol. The third-order valence-corrected chi connectivity index (χ3v) is 5.07. The van der Waals surface area contributed by atoms with Gasteiger partial charge in [-0.25, -0.2) is 0 Å². The quantitative estimate of drug-likeness (QED) is 0.678. The van der Waals surface area contributed by atoms with E-state index < -0.39 is 0 Å². The Morgan fingerprint density at radius 2 is 2.00 bits per heavy atom. The van der Waals surface area contributed by atoms with Crippen LogP contribution in [0, 0.1) is 5.92 Å². The van der Waals surface area contributed by atoms with E-state index in [1.807, 2.05) is 24.3 Å². The molecule has 1 heterocycles. The number of benzene rings is 2. The van der Waals surface area contributed by atoms with Crippen molar-refractivity contribution in [1.82, 2.24) is 0 Å². The van der Waals surface area contributed by atoms with Crippen LogP contribution in [0.15, 0.2) is 42.5 Å². The largest absolute Gasteiger partial charge is 0.492 e. The van der Waals surface area contributed by atoms with Crippen molar-refractivity contribution in [3.8, 4) is 5.75 Å². The lowest BCUT2D eigenvalue weighted by Crippen LogP contribution is -2.37. The van der Waals surface area contributed by atoms with E-state index in [0.29, 0.717) is 28.8 Å². The maximum atomic E-state index is 12.9. The van der Waals surface area contributed by atoms with Gasteiger partial charge >= 0.3 is 0 Å². The van der Waals surface area contributed by atoms with Crippen LogP contribution in [-0.4, -0.2) is 25.3 Å². The summed E-state index contributed by atoms with van der Waals surface area (Å²) in [7, 11) is 0. The Balaban J connectivity index is 1.68. The van der Waals surface area contributed by atoms with Gasteiger partial charge < -0.3 is 14.4 Å². The van der Waals surface area contributed by atoms with E-state index in [9.17, 15) is 9.59 Å². The fraction of sp³-hybridized carbons (Fsp3) is 0.300. The molecule has 6 heteroatoms. The van der Waals surface area contributed by atoms with Gasteiger partial charge in [-0.05, 0) is 49.1 Å². The number of rotatable bonds is 6. The summed E-state index contributed by atoms with van der Waals surface area (Å²) < 4.78 is 5.73. The topological polar surface area (TPSA) is 46.6 Å². The lowest BCUT2D eigenvalue weighted by atomic mass is 9.97. The molecule has 0 fully saturated rings. The van der Waals surface area contributed by atoms with E-state index in [0.717, 1.165) is 30.4 Å². The Kier molecular flexibility index (Phi) is 6.17. The molecule has 1 atom stereocenters. The molecule has 2 aromatic carbocycles. The first-order valence-electron chi connectivity index (χ1n) is 8.51. The van der Waals surface area contributed by atoms with Crippen molar-refractivity contribution in [3.05, 3.63) is 58.1 Å². The standard InChI is InChI=1S/C20H19Cl2NO3/c21-16-7-8-19(17(22)13-16)26-12-9-15-6-5-14-3-1-2-4-18(14)23(10-11-24)20(15)25/h1-4,7-8,11,13,15H,5-6,9-10,12H2. The predicted molar refractivity (Wildman–Crippen MR) is 103 cm³/mol. The number of anilines is 1. The average Bonchev–Trinajstić information content (AvgIpc) is 2.76. The zero-order valence-corrected chi connectivity index (χ0v) is 15.7. The molecule has 3 rings (SSSR count). The number of halogens is 2. The third kappa shape index (κ3) is 4.19. The van der Waals surface area contributed by atoms with Crippen molar-refractivity contribution in [2.24, 2.45) is 5.92 Å². The second kappa shape index (κ2) is 8.56. The van der Waals surface area contributed by atoms with Crippen molar-refractivity contribution in [2.45, 2.75) is 19.3 Å². The highest BCUT2D eigenvalue weighted by Crippen LogP contribution is 2.31. The summed E-state index contributed by atoms with van der Waals surface area (Å²) in [6, 6.07) is 12.8. The molecule has 0 aromatic heterocycles. The van der Waals surface area contributed by atoms with Gasteiger partial charge in [0.05, 0.1) is 18.2 Å². The highest BCUT2D eigenvalue weighted by molar-refractivity contribution is 6.35. The Hall–Kier alpha value is -2.04. The molecule has 0 saturated carbocycles. The van der Waals surface area contributed by atoms with Crippen LogP contribution in [0.25, 0.3) is 0 Å². The van der Waals surface area contributed by atoms with E-state index >= 15 is 0 Å². The second-order valence-electron chi connectivity index (χ2n) is 6.19. The highest BCUT2D eigenvalue weighted by Gasteiger charge is 2.29. The van der Waals surface area contributed by atoms with Gasteiger partial charge in [0, 0.05) is 16.6 Å². The minimum Gasteiger partial charge on any atom is -0.492 e. The number of fused-ring (bicyclic) bond motifs is 1. The maximum Gasteiger partial charge on any atom is 0.230 e. The number of amides is 1. The van der Waals surface area contributed by atoms with Gasteiger partial charge in [0.15, 0.2) is 0 Å². The summed E-state index contributed by atoms with van der Waals surface area (Å²) in [4.78, 5) is 25.6. The van der Waals surface area contributed by atoms with Gasteiger partial charge in [-0.1, -0.05) is 41.4 Å². The molecule has 1 amide bonds. The molecule has 2 aromatic rings. The first-order chi connectivity index (χ1) is 12.6. The molecule has 0 saturated heterocycles. The number of carbonyl (C=O) groups excluding carboxylic acids is 2. The Morgan fingerprint density at radius 3 is 2.77 bits per heavy atom. The Morgan fingerprint density at radius 1 is 1.19 bits per heavy atom. The first-order valence-corrected chi connectivity index (χ1v) is 9.26. The molecule has 0 N–H and O–H groups in total. The number of para-hydroxylation sites is 1. The predicted octanol–water partition coefficient (Wildman–Crippen LogP) is 4.56. The lowest BCUT2D eigenvalue weighted by molar-refractivity contribution is -0.123. The second-order valence-corrected chi connectivity index (χ2v) is 7.04. The Bertz CT molecular complexity index is 809. The minimum absolute atomic E-state index is 0.0344. The van der Waals surface area contributed by atoms with Gasteiger partial charge in [0.2, 0.25) is 5.91 Å². The van der Waals surface area contributed by atoms with Gasteiger partial charge in [-0.3, -0.25) is 4.79 Å². The monoisotopic (exact) mass is 391 g/mol. The highest BCUT2D eigenvalue weighted by atomic mass is 35.5. The van der Waals surface area contributed by atoms with Crippen molar-refractivity contribution < 1.29 is 14.3 Å². The van der Waals surface area contributed by atoms with Crippen molar-refractivity contribution in [2.75, 3.05) is 18.1 Å². The number of carbonyl (C=O) groups is 2. The van der Waals surface area contributed by atoms with E-state index in [1.54, 1.807) is 23.1 Å². The van der Waals surface area contributed by atoms with Crippen LogP contribution in [0.4, 0.5) is 5.69 Å². The molecule has 1 aliphatic rings. The first kappa shape index (κ1) is 18.7. The van der Waals surface area contributed by atoms with Crippen molar-refractivity contribution in [3.63, 3.8) is 0 Å². The smallest absolute Gasteiger partial charge is 0.230 e. The zero-order valence-electron chi connectivity index (χ0n) is 14.2. The third-order valence-electron chi connectivity index (χ3n) is 4.53. The summed E-state index contributed by atoms with van der Waals surface area (Å²) in [5.41, 5.74) is 1.92. The summed E-state index contributed by atoms with van der Waals surface area (Å²) in [6.07, 6.45) is 2.84. The van der Waals surface area contributed by atoms with Crippen LogP contribution < -0.4 is 9.64 Å². The van der Waals surface area contributed by atoms with E-state index in [4.69, 9.17) is 27.9 Å². The van der Waals surface area contributed by atoms with Crippen LogP contribution in [-0.2, 0) is 16.0 Å². The molecule has 136 valence electrons. The molecule has 0 bridgehead atoms. The van der Waals surface area contributed by atoms with Gasteiger partial charge in [-0.15, -0.1) is 0 Å². The molecule has 0 radical (unpaired) electrons. The lowest BCUT2D eigenvalue weighted by Gasteiger charge is -2.24. The summed E-state index contributed by atoms with van der Waals surface area (Å²) in [5, 5.41) is 0.989. The van der Waals surface area contributed by atoms with Crippen LogP contribution in [0.1, 0.15) is 18.4 Å². The van der Waals surface area contributed by atoms with E-state index in [1.165, 1.54) is 0 Å². The number of hydrogen-bond acceptors (Lipinski definition) is 3. The van der Waals surface area contributed by atoms with Crippen LogP contribution in [0.2, 0.25) is 10.0 Å². The summed E-state index contributed by atoms with van der Waals surface area (Å²) in [6.45, 7) is 0.430. The van der Waals surface area contributed by atoms with Gasteiger partial charge in [0.25, 0.3) is 0 Å². The molecule has 0 aliphatic carbocycles. The molecular weight excluding hydrogens is 373 g/mol. The molecule has 1 aliphatic heterocycles. The van der Waals surface area contributed by atoms with Crippen LogP contribution in [0.3, 0.4) is 0 Å². The van der Waals surface area contributed by atoms with E-state index in [-0.39, 0.29) is 18.4 Å². The Labute approximate surface area is 162 Å². The van der Waals surface area contributed by atoms with Gasteiger partial charge in [-0.2, -0.15) is 0 Å². The van der Waals surface area contributed by atoms with E-state index in [2.05, 4.69) is 0 Å². The SMILES string of the molecule is O=CCN1C(=O)C(CCOc2ccc(Cl)cc2Cl)CCc2ccccc21. The fourth-order valence-electron chi connectivity index (χ4n) is 3.21. The van der Waals surface area contributed by atoms with Gasteiger partial charge in [0.1, 0.15) is 12.0 Å². The number of aryl methyl sites for hydroxylation is 1. The minimum atomic E-state index is -0.201. The number of ether oxygens (including phenoxy) is 1. The molecule has 4 nitrogen and oxygen atoms in total. The number of hydrogen-bond donors (Lipinski definition) is 0. The summed E-state index contributed by atoms with van der Waals surface area (Å²) >= 11 is 12.0. The molecule has 1 unspecified atom stereocenters. The van der Waals surface area contributed by atoms with Crippen molar-refractivity contribution >= 4 is 41.1 Å². The molecular formula is C20H19Cl2NO3. The molecule has 0 spiro atoms. The normalized spacial score (nSPS) is 16.8. The summed E-state index contributed by atoms with van der Waals surface area (Å²) in [5.74, 6) is 0.312. The molecule has 26 heavy (non-hydrogen) atoms. The van der Waals surface area contributed by atoms with Crippen LogP contribution >= 0.6 is 23.2 Å². The van der Waals surface area contributed by atoms with Crippen LogP contribution in [0.5, 0.6) is 5.75 Å².